The van der Waals surface area contributed by atoms with Crippen LogP contribution in [0.3, 0.4) is 0 Å². The summed E-state index contributed by atoms with van der Waals surface area (Å²) >= 11 is 0. The molecule has 2 unspecified atom stereocenters. The Morgan fingerprint density at radius 3 is 2.74 bits per heavy atom. The van der Waals surface area contributed by atoms with Crippen molar-refractivity contribution in [3.05, 3.63) is 54.2 Å². The molecule has 0 amide bonds. The van der Waals surface area contributed by atoms with Gasteiger partial charge < -0.3 is 14.6 Å². The molecule has 4 fully saturated rings. The minimum absolute atomic E-state index is 0.0579. The van der Waals surface area contributed by atoms with Gasteiger partial charge in [0, 0.05) is 55.2 Å². The molecule has 0 radical (unpaired) electrons. The highest BCUT2D eigenvalue weighted by molar-refractivity contribution is 5.86. The first-order chi connectivity index (χ1) is 13.3. The molecule has 1 spiro atoms. The van der Waals surface area contributed by atoms with Gasteiger partial charge in [-0.15, -0.1) is 0 Å². The minimum Gasteiger partial charge on any atom is -0.486 e. The van der Waals surface area contributed by atoms with Crippen molar-refractivity contribution in [1.82, 2.24) is 9.88 Å². The summed E-state index contributed by atoms with van der Waals surface area (Å²) in [6.45, 7) is 3.81. The Morgan fingerprint density at radius 2 is 1.89 bits per heavy atom. The number of rotatable bonds is 1. The second-order valence-corrected chi connectivity index (χ2v) is 9.25. The topological polar surface area (TPSA) is 28.3 Å². The number of hydrogen-bond donors (Lipinski definition) is 1. The summed E-state index contributed by atoms with van der Waals surface area (Å²) in [7, 11) is 0. The first kappa shape index (κ1) is 14.8. The van der Waals surface area contributed by atoms with E-state index in [9.17, 15) is 0 Å². The zero-order valence-electron chi connectivity index (χ0n) is 15.4. The van der Waals surface area contributed by atoms with Gasteiger partial charge in [0.1, 0.15) is 11.4 Å². The molecule has 1 aromatic heterocycles. The number of nitrogens with zero attached hydrogens (tertiary/aromatic N) is 1. The summed E-state index contributed by atoms with van der Waals surface area (Å²) in [6, 6.07) is 15.6. The van der Waals surface area contributed by atoms with Crippen molar-refractivity contribution in [2.24, 2.45) is 17.8 Å². The van der Waals surface area contributed by atoms with Crippen LogP contribution in [-0.4, -0.2) is 35.1 Å². The van der Waals surface area contributed by atoms with Crippen LogP contribution in [-0.2, 0) is 6.42 Å². The van der Waals surface area contributed by atoms with Crippen molar-refractivity contribution in [2.45, 2.75) is 24.9 Å². The minimum atomic E-state index is 0.0579. The first-order valence-electron chi connectivity index (χ1n) is 10.4. The smallest absolute Gasteiger partial charge is 0.124 e. The highest BCUT2D eigenvalue weighted by Gasteiger charge is 2.60. The quantitative estimate of drug-likeness (QED) is 0.696. The van der Waals surface area contributed by atoms with E-state index in [1.807, 2.05) is 6.20 Å². The van der Waals surface area contributed by atoms with Gasteiger partial charge in [-0.1, -0.05) is 24.3 Å². The van der Waals surface area contributed by atoms with E-state index in [0.717, 1.165) is 18.1 Å². The zero-order valence-corrected chi connectivity index (χ0v) is 15.4. The number of aromatic amines is 1. The average Bonchev–Trinajstić information content (AvgIpc) is 3.30. The third-order valence-electron chi connectivity index (χ3n) is 7.84. The van der Waals surface area contributed by atoms with Gasteiger partial charge >= 0.3 is 0 Å². The standard InChI is InChI=1S/C24H24N2O/c1-2-20(17-5-4-16-6-7-25-22(16)10-17)21-11-24(27-23(21)3-1)18-8-15-9-19(24)14-26(12-15)13-18/h1-7,10,15,18-19,25H,8-9,11-14H2. The summed E-state index contributed by atoms with van der Waals surface area (Å²) in [5.74, 6) is 3.46. The fourth-order valence-corrected chi connectivity index (χ4v) is 6.75. The van der Waals surface area contributed by atoms with Crippen LogP contribution in [0, 0.1) is 17.8 Å². The van der Waals surface area contributed by atoms with Crippen LogP contribution in [0.4, 0.5) is 0 Å². The number of hydrogen-bond acceptors (Lipinski definition) is 2. The van der Waals surface area contributed by atoms with Crippen molar-refractivity contribution in [3.63, 3.8) is 0 Å². The molecular formula is C24H24N2O. The van der Waals surface area contributed by atoms with Crippen LogP contribution in [0.15, 0.2) is 48.7 Å². The number of ether oxygens (including phenoxy) is 1. The third kappa shape index (κ3) is 1.91. The van der Waals surface area contributed by atoms with Crippen molar-refractivity contribution in [2.75, 3.05) is 19.6 Å². The number of fused-ring (bicyclic) bond motifs is 2. The second kappa shape index (κ2) is 4.96. The molecule has 4 bridgehead atoms. The Balaban J connectivity index is 1.33. The van der Waals surface area contributed by atoms with Crippen LogP contribution in [0.5, 0.6) is 5.75 Å². The highest BCUT2D eigenvalue weighted by atomic mass is 16.5. The number of aromatic nitrogens is 1. The van der Waals surface area contributed by atoms with E-state index in [-0.39, 0.29) is 5.60 Å². The van der Waals surface area contributed by atoms with Crippen LogP contribution in [0.25, 0.3) is 22.0 Å². The van der Waals surface area contributed by atoms with Crippen LogP contribution in [0.2, 0.25) is 0 Å². The van der Waals surface area contributed by atoms with Gasteiger partial charge in [0.25, 0.3) is 0 Å². The maximum absolute atomic E-state index is 6.87. The summed E-state index contributed by atoms with van der Waals surface area (Å²) < 4.78 is 6.87. The van der Waals surface area contributed by atoms with Crippen LogP contribution >= 0.6 is 0 Å². The lowest BCUT2D eigenvalue weighted by Crippen LogP contribution is -2.68. The van der Waals surface area contributed by atoms with E-state index in [2.05, 4.69) is 52.3 Å². The SMILES string of the molecule is c1cc2c(c(-c3ccc4cc[nH]c4c3)c1)CC1(O2)C2CC3CC1CN(C3)C2. The van der Waals surface area contributed by atoms with E-state index in [4.69, 9.17) is 4.74 Å². The molecule has 3 aromatic rings. The predicted octanol–water partition coefficient (Wildman–Crippen LogP) is 4.48. The molecule has 4 aliphatic heterocycles. The Hall–Kier alpha value is -2.26. The molecule has 1 saturated carbocycles. The fraction of sp³-hybridized carbons (Fsp3) is 0.417. The Morgan fingerprint density at radius 1 is 1.00 bits per heavy atom. The van der Waals surface area contributed by atoms with Gasteiger partial charge in [0.2, 0.25) is 0 Å². The summed E-state index contributed by atoms with van der Waals surface area (Å²) in [5, 5.41) is 1.27. The van der Waals surface area contributed by atoms with Gasteiger partial charge in [0.15, 0.2) is 0 Å². The van der Waals surface area contributed by atoms with E-state index >= 15 is 0 Å². The molecule has 3 saturated heterocycles. The maximum Gasteiger partial charge on any atom is 0.124 e. The number of nitrogens with one attached hydrogen (secondary N) is 1. The van der Waals surface area contributed by atoms with E-state index in [1.165, 1.54) is 60.1 Å². The molecule has 3 heteroatoms. The lowest BCUT2D eigenvalue weighted by Gasteiger charge is -2.60. The predicted molar refractivity (Wildman–Crippen MR) is 107 cm³/mol. The number of H-pyrrole nitrogens is 1. The zero-order chi connectivity index (χ0) is 17.6. The molecule has 5 aliphatic rings. The van der Waals surface area contributed by atoms with Gasteiger partial charge in [-0.2, -0.15) is 0 Å². The van der Waals surface area contributed by atoms with Gasteiger partial charge in [-0.05, 0) is 53.5 Å². The molecule has 1 N–H and O–H groups in total. The first-order valence-corrected chi connectivity index (χ1v) is 10.4. The lowest BCUT2D eigenvalue weighted by molar-refractivity contribution is -0.158. The molecular weight excluding hydrogens is 332 g/mol. The van der Waals surface area contributed by atoms with Crippen molar-refractivity contribution in [3.8, 4) is 16.9 Å². The van der Waals surface area contributed by atoms with Crippen molar-refractivity contribution in [1.29, 1.82) is 0 Å². The Bertz CT molecular complexity index is 1040. The number of piperidine rings is 3. The fourth-order valence-electron chi connectivity index (χ4n) is 6.75. The average molecular weight is 356 g/mol. The molecule has 3 nitrogen and oxygen atoms in total. The van der Waals surface area contributed by atoms with Gasteiger partial charge in [-0.25, -0.2) is 0 Å². The largest absolute Gasteiger partial charge is 0.486 e. The van der Waals surface area contributed by atoms with Crippen molar-refractivity contribution >= 4 is 10.9 Å². The Labute approximate surface area is 159 Å². The molecule has 27 heavy (non-hydrogen) atoms. The Kier molecular flexibility index (Phi) is 2.71. The number of benzene rings is 2. The summed E-state index contributed by atoms with van der Waals surface area (Å²) in [6.07, 6.45) is 5.85. The highest BCUT2D eigenvalue weighted by Crippen LogP contribution is 2.57. The molecule has 136 valence electrons. The normalized spacial score (nSPS) is 35.7. The van der Waals surface area contributed by atoms with E-state index < -0.39 is 0 Å². The molecule has 2 atom stereocenters. The molecule has 5 heterocycles. The van der Waals surface area contributed by atoms with Gasteiger partial charge in [-0.3, -0.25) is 0 Å². The maximum atomic E-state index is 6.87. The molecule has 8 rings (SSSR count). The van der Waals surface area contributed by atoms with Crippen LogP contribution in [0.1, 0.15) is 18.4 Å². The second-order valence-electron chi connectivity index (χ2n) is 9.25. The van der Waals surface area contributed by atoms with Crippen molar-refractivity contribution < 1.29 is 4.74 Å². The molecule has 1 aliphatic carbocycles. The third-order valence-corrected chi connectivity index (χ3v) is 7.84. The van der Waals surface area contributed by atoms with E-state index in [0.29, 0.717) is 11.8 Å². The summed E-state index contributed by atoms with van der Waals surface area (Å²) in [4.78, 5) is 6.06. The summed E-state index contributed by atoms with van der Waals surface area (Å²) in [5.41, 5.74) is 5.36. The van der Waals surface area contributed by atoms with Gasteiger partial charge in [0.05, 0.1) is 0 Å². The lowest BCUT2D eigenvalue weighted by atomic mass is 9.58. The van der Waals surface area contributed by atoms with Crippen LogP contribution < -0.4 is 4.74 Å². The van der Waals surface area contributed by atoms with E-state index in [1.54, 1.807) is 0 Å². The molecule has 2 aromatic carbocycles. The monoisotopic (exact) mass is 356 g/mol.